The quantitative estimate of drug-likeness (QED) is 0.500. The number of hydrogen-bond donors (Lipinski definition) is 1. The maximum atomic E-state index is 9.99. The summed E-state index contributed by atoms with van der Waals surface area (Å²) >= 11 is 0. The van der Waals surface area contributed by atoms with Crippen molar-refractivity contribution < 1.29 is 21.6 Å². The standard InChI is InChI=1S/C15H18N2O.2CH3.Ni/c1-10-7-11(2)15(18)14(8-10)9-16-17-12(3)5-6-13(17)4;;;/h5-9,18H,1-4H3;2*1H3;/q;2*-1;+2/b16-9+;;;. The van der Waals surface area contributed by atoms with Gasteiger partial charge in [-0.3, -0.25) is 0 Å². The summed E-state index contributed by atoms with van der Waals surface area (Å²) in [7, 11) is 0. The molecule has 1 aromatic heterocycles. The van der Waals surface area contributed by atoms with Gasteiger partial charge in [-0.15, -0.1) is 0 Å². The molecule has 4 heteroatoms. The van der Waals surface area contributed by atoms with Crippen LogP contribution in [0, 0.1) is 42.5 Å². The second-order valence-electron chi connectivity index (χ2n) is 4.69. The number of phenolic OH excluding ortho intramolecular Hbond substituents is 1. The van der Waals surface area contributed by atoms with E-state index in [0.29, 0.717) is 5.75 Å². The van der Waals surface area contributed by atoms with E-state index in [0.717, 1.165) is 28.1 Å². The number of phenols is 1. The zero-order valence-electron chi connectivity index (χ0n) is 13.5. The molecule has 0 fully saturated rings. The van der Waals surface area contributed by atoms with E-state index in [1.165, 1.54) is 0 Å². The normalized spacial score (nSPS) is 9.71. The number of aryl methyl sites for hydroxylation is 4. The summed E-state index contributed by atoms with van der Waals surface area (Å²) < 4.78 is 1.86. The Bertz CT molecular complexity index is 596. The Morgan fingerprint density at radius 1 is 1.00 bits per heavy atom. The van der Waals surface area contributed by atoms with Gasteiger partial charge in [0, 0.05) is 17.0 Å². The maximum Gasteiger partial charge on any atom is 2.00 e. The smallest absolute Gasteiger partial charge is 0.507 e. The Balaban J connectivity index is 0. The zero-order valence-corrected chi connectivity index (χ0v) is 14.5. The average Bonchev–Trinajstić information content (AvgIpc) is 2.62. The van der Waals surface area contributed by atoms with Crippen LogP contribution in [0.25, 0.3) is 0 Å². The minimum Gasteiger partial charge on any atom is -0.507 e. The molecule has 3 nitrogen and oxygen atoms in total. The Morgan fingerprint density at radius 2 is 1.52 bits per heavy atom. The largest absolute Gasteiger partial charge is 2.00 e. The molecule has 0 aliphatic rings. The molecule has 1 aromatic carbocycles. The molecule has 0 bridgehead atoms. The monoisotopic (exact) mass is 330 g/mol. The molecule has 1 heterocycles. The number of hydrogen-bond acceptors (Lipinski definition) is 2. The summed E-state index contributed by atoms with van der Waals surface area (Å²) in [6.07, 6.45) is 1.70. The third kappa shape index (κ3) is 4.75. The second kappa shape index (κ2) is 8.68. The van der Waals surface area contributed by atoms with Gasteiger partial charge in [0.15, 0.2) is 0 Å². The van der Waals surface area contributed by atoms with Gasteiger partial charge >= 0.3 is 16.5 Å². The van der Waals surface area contributed by atoms with Crippen LogP contribution in [0.2, 0.25) is 0 Å². The van der Waals surface area contributed by atoms with Gasteiger partial charge < -0.3 is 20.0 Å². The Morgan fingerprint density at radius 3 is 2.05 bits per heavy atom. The van der Waals surface area contributed by atoms with Crippen LogP contribution in [0.4, 0.5) is 0 Å². The summed E-state index contributed by atoms with van der Waals surface area (Å²) in [6, 6.07) is 7.93. The Kier molecular flexibility index (Phi) is 9.00. The zero-order chi connectivity index (χ0) is 13.3. The number of aromatic nitrogens is 1. The van der Waals surface area contributed by atoms with Crippen molar-refractivity contribution in [2.24, 2.45) is 5.10 Å². The molecule has 0 atom stereocenters. The van der Waals surface area contributed by atoms with Gasteiger partial charge in [-0.05, 0) is 57.0 Å². The number of rotatable bonds is 2. The molecule has 0 spiro atoms. The second-order valence-corrected chi connectivity index (χ2v) is 4.69. The van der Waals surface area contributed by atoms with E-state index in [1.54, 1.807) is 6.21 Å². The van der Waals surface area contributed by atoms with E-state index < -0.39 is 0 Å². The van der Waals surface area contributed by atoms with Gasteiger partial charge in [0.05, 0.1) is 6.21 Å². The fraction of sp³-hybridized carbons (Fsp3) is 0.235. The molecule has 21 heavy (non-hydrogen) atoms. The van der Waals surface area contributed by atoms with Crippen LogP contribution in [0.3, 0.4) is 0 Å². The molecule has 0 amide bonds. The first-order valence-electron chi connectivity index (χ1n) is 5.98. The van der Waals surface area contributed by atoms with Crippen molar-refractivity contribution >= 4 is 6.21 Å². The van der Waals surface area contributed by atoms with Crippen molar-refractivity contribution in [1.82, 2.24) is 4.68 Å². The van der Waals surface area contributed by atoms with Crippen molar-refractivity contribution in [2.45, 2.75) is 27.7 Å². The Hall–Kier alpha value is -1.54. The summed E-state index contributed by atoms with van der Waals surface area (Å²) in [6.45, 7) is 7.92. The molecule has 0 unspecified atom stereocenters. The minimum absolute atomic E-state index is 0. The molecule has 0 saturated heterocycles. The molecule has 2 rings (SSSR count). The van der Waals surface area contributed by atoms with Crippen LogP contribution in [0.15, 0.2) is 29.4 Å². The number of aromatic hydroxyl groups is 1. The van der Waals surface area contributed by atoms with E-state index in [2.05, 4.69) is 5.10 Å². The van der Waals surface area contributed by atoms with E-state index in [9.17, 15) is 5.11 Å². The van der Waals surface area contributed by atoms with Crippen molar-refractivity contribution in [3.63, 3.8) is 0 Å². The van der Waals surface area contributed by atoms with Crippen LogP contribution >= 0.6 is 0 Å². The summed E-state index contributed by atoms with van der Waals surface area (Å²) in [5, 5.41) is 14.4. The predicted molar refractivity (Wildman–Crippen MR) is 87.3 cm³/mol. The summed E-state index contributed by atoms with van der Waals surface area (Å²) in [5.41, 5.74) is 4.89. The molecular formula is C17H24N2NiO. The maximum absolute atomic E-state index is 9.99. The molecule has 2 aromatic rings. The molecule has 0 saturated carbocycles. The van der Waals surface area contributed by atoms with E-state index in [-0.39, 0.29) is 31.3 Å². The number of benzene rings is 1. The van der Waals surface area contributed by atoms with Crippen molar-refractivity contribution in [3.05, 3.63) is 67.2 Å². The minimum atomic E-state index is 0. The third-order valence-electron chi connectivity index (χ3n) is 3.02. The van der Waals surface area contributed by atoms with Gasteiger partial charge in [0.1, 0.15) is 5.75 Å². The molecule has 0 radical (unpaired) electrons. The predicted octanol–water partition coefficient (Wildman–Crippen LogP) is 4.21. The number of nitrogens with zero attached hydrogens (tertiary/aromatic N) is 2. The van der Waals surface area contributed by atoms with Gasteiger partial charge in [0.2, 0.25) is 0 Å². The van der Waals surface area contributed by atoms with Gasteiger partial charge in [-0.1, -0.05) is 6.07 Å². The van der Waals surface area contributed by atoms with Crippen molar-refractivity contribution in [3.8, 4) is 5.75 Å². The van der Waals surface area contributed by atoms with Crippen LogP contribution in [-0.4, -0.2) is 16.0 Å². The van der Waals surface area contributed by atoms with Crippen LogP contribution < -0.4 is 0 Å². The molecule has 1 N–H and O–H groups in total. The van der Waals surface area contributed by atoms with Crippen molar-refractivity contribution in [1.29, 1.82) is 0 Å². The first kappa shape index (κ1) is 21.8. The SMILES string of the molecule is Cc1cc(C)c(O)c(/C=N/n2c(C)ccc2C)c1.[CH3-].[CH3-].[Ni+2]. The van der Waals surface area contributed by atoms with Gasteiger partial charge in [-0.25, -0.2) is 4.68 Å². The first-order valence-corrected chi connectivity index (χ1v) is 5.98. The average molecular weight is 331 g/mol. The first-order chi connectivity index (χ1) is 8.49. The van der Waals surface area contributed by atoms with Gasteiger partial charge in [-0.2, -0.15) is 5.10 Å². The van der Waals surface area contributed by atoms with Crippen molar-refractivity contribution in [2.75, 3.05) is 0 Å². The molecule has 118 valence electrons. The fourth-order valence-electron chi connectivity index (χ4n) is 2.05. The van der Waals surface area contributed by atoms with Crippen LogP contribution in [-0.2, 0) is 16.5 Å². The summed E-state index contributed by atoms with van der Waals surface area (Å²) in [4.78, 5) is 0. The fourth-order valence-corrected chi connectivity index (χ4v) is 2.05. The van der Waals surface area contributed by atoms with Crippen LogP contribution in [0.1, 0.15) is 28.1 Å². The van der Waals surface area contributed by atoms with E-state index in [4.69, 9.17) is 0 Å². The van der Waals surface area contributed by atoms with Crippen LogP contribution in [0.5, 0.6) is 5.75 Å². The Labute approximate surface area is 138 Å². The third-order valence-corrected chi connectivity index (χ3v) is 3.02. The van der Waals surface area contributed by atoms with E-state index in [1.807, 2.05) is 56.6 Å². The van der Waals surface area contributed by atoms with E-state index >= 15 is 0 Å². The molecule has 0 aliphatic carbocycles. The molecule has 0 aliphatic heterocycles. The topological polar surface area (TPSA) is 37.5 Å². The summed E-state index contributed by atoms with van der Waals surface area (Å²) in [5.74, 6) is 0.298. The van der Waals surface area contributed by atoms with Gasteiger partial charge in [0.25, 0.3) is 0 Å². The molecular weight excluding hydrogens is 307 g/mol.